The van der Waals surface area contributed by atoms with Crippen LogP contribution in [-0.4, -0.2) is 19.7 Å². The van der Waals surface area contributed by atoms with Gasteiger partial charge in [-0.3, -0.25) is 0 Å². The Morgan fingerprint density at radius 3 is 2.85 bits per heavy atom. The maximum atomic E-state index is 6.21. The van der Waals surface area contributed by atoms with Crippen LogP contribution in [0.3, 0.4) is 0 Å². The lowest BCUT2D eigenvalue weighted by Gasteiger charge is -2.15. The Hall–Kier alpha value is -0.730. The van der Waals surface area contributed by atoms with Gasteiger partial charge in [-0.05, 0) is 61.0 Å². The topological polar surface area (TPSA) is 21.3 Å². The van der Waals surface area contributed by atoms with E-state index in [1.165, 1.54) is 17.5 Å². The van der Waals surface area contributed by atoms with Gasteiger partial charge in [-0.15, -0.1) is 0 Å². The number of hydrogen-bond acceptors (Lipinski definition) is 2. The summed E-state index contributed by atoms with van der Waals surface area (Å²) in [6, 6.07) is 4.12. The normalized spacial score (nSPS) is 15.2. The first-order chi connectivity index (χ1) is 9.56. The number of benzene rings is 1. The van der Waals surface area contributed by atoms with Crippen LogP contribution in [0.2, 0.25) is 5.02 Å². The summed E-state index contributed by atoms with van der Waals surface area (Å²) in [7, 11) is 0. The van der Waals surface area contributed by atoms with Crippen molar-refractivity contribution in [2.45, 2.75) is 40.0 Å². The number of halogens is 1. The highest BCUT2D eigenvalue weighted by Crippen LogP contribution is 2.34. The van der Waals surface area contributed by atoms with E-state index < -0.39 is 0 Å². The molecule has 0 aliphatic carbocycles. The van der Waals surface area contributed by atoms with E-state index in [1.54, 1.807) is 0 Å². The molecule has 112 valence electrons. The molecule has 0 saturated carbocycles. The molecule has 0 radical (unpaired) electrons. The smallest absolute Gasteiger partial charge is 0.125 e. The molecule has 2 rings (SSSR count). The third-order valence-electron chi connectivity index (χ3n) is 3.76. The summed E-state index contributed by atoms with van der Waals surface area (Å²) in [6.07, 6.45) is 3.23. The second-order valence-electron chi connectivity index (χ2n) is 6.35. The monoisotopic (exact) mass is 295 g/mol. The molecular weight excluding hydrogens is 270 g/mol. The zero-order valence-electron chi connectivity index (χ0n) is 12.8. The van der Waals surface area contributed by atoms with Crippen molar-refractivity contribution in [3.63, 3.8) is 0 Å². The first-order valence-electron chi connectivity index (χ1n) is 7.71. The average Bonchev–Trinajstić information content (AvgIpc) is 2.82. The lowest BCUT2D eigenvalue weighted by molar-refractivity contribution is 0.350. The molecule has 20 heavy (non-hydrogen) atoms. The highest BCUT2D eigenvalue weighted by atomic mass is 35.5. The van der Waals surface area contributed by atoms with Gasteiger partial charge in [0.2, 0.25) is 0 Å². The summed E-state index contributed by atoms with van der Waals surface area (Å²) in [5, 5.41) is 4.35. The van der Waals surface area contributed by atoms with Crippen LogP contribution in [0.4, 0.5) is 0 Å². The molecule has 1 aromatic carbocycles. The maximum Gasteiger partial charge on any atom is 0.125 e. The molecule has 0 amide bonds. The maximum absolute atomic E-state index is 6.21. The van der Waals surface area contributed by atoms with Crippen LogP contribution in [0.25, 0.3) is 0 Å². The largest absolute Gasteiger partial charge is 0.493 e. The number of ether oxygens (including phenoxy) is 1. The SMILES string of the molecule is CC(C)CNCCC(C)Cc1cc(Cl)cc2c1OCC2. The second kappa shape index (κ2) is 7.33. The Labute approximate surface area is 127 Å². The molecule has 0 aromatic heterocycles. The third-order valence-corrected chi connectivity index (χ3v) is 3.98. The Morgan fingerprint density at radius 2 is 2.10 bits per heavy atom. The average molecular weight is 296 g/mol. The van der Waals surface area contributed by atoms with Gasteiger partial charge in [-0.25, -0.2) is 0 Å². The Balaban J connectivity index is 1.87. The zero-order valence-corrected chi connectivity index (χ0v) is 13.6. The lowest BCUT2D eigenvalue weighted by Crippen LogP contribution is -2.22. The van der Waals surface area contributed by atoms with Crippen LogP contribution in [-0.2, 0) is 12.8 Å². The van der Waals surface area contributed by atoms with Gasteiger partial charge in [-0.1, -0.05) is 32.4 Å². The van der Waals surface area contributed by atoms with Crippen LogP contribution in [0.1, 0.15) is 38.3 Å². The lowest BCUT2D eigenvalue weighted by atomic mass is 9.95. The molecule has 2 nitrogen and oxygen atoms in total. The predicted octanol–water partition coefficient (Wildman–Crippen LogP) is 4.09. The summed E-state index contributed by atoms with van der Waals surface area (Å²) >= 11 is 6.21. The van der Waals surface area contributed by atoms with Crippen LogP contribution in [0, 0.1) is 11.8 Å². The van der Waals surface area contributed by atoms with Gasteiger partial charge in [0.15, 0.2) is 0 Å². The zero-order chi connectivity index (χ0) is 14.5. The van der Waals surface area contributed by atoms with E-state index in [2.05, 4.69) is 32.2 Å². The summed E-state index contributed by atoms with van der Waals surface area (Å²) < 4.78 is 5.77. The highest BCUT2D eigenvalue weighted by Gasteiger charge is 2.18. The fourth-order valence-electron chi connectivity index (χ4n) is 2.71. The molecule has 3 heteroatoms. The van der Waals surface area contributed by atoms with Crippen molar-refractivity contribution in [3.05, 3.63) is 28.3 Å². The Morgan fingerprint density at radius 1 is 1.30 bits per heavy atom. The van der Waals surface area contributed by atoms with Gasteiger partial charge in [0.25, 0.3) is 0 Å². The van der Waals surface area contributed by atoms with Gasteiger partial charge in [0.1, 0.15) is 5.75 Å². The fourth-order valence-corrected chi connectivity index (χ4v) is 2.98. The molecule has 1 atom stereocenters. The van der Waals surface area contributed by atoms with E-state index in [0.717, 1.165) is 49.2 Å². The fraction of sp³-hybridized carbons (Fsp3) is 0.647. The minimum atomic E-state index is 0.640. The van der Waals surface area contributed by atoms with Gasteiger partial charge >= 0.3 is 0 Å². The quantitative estimate of drug-likeness (QED) is 0.765. The number of hydrogen-bond donors (Lipinski definition) is 1. The molecule has 1 aromatic rings. The van der Waals surface area contributed by atoms with Gasteiger partial charge in [-0.2, -0.15) is 0 Å². The van der Waals surface area contributed by atoms with E-state index in [4.69, 9.17) is 16.3 Å². The van der Waals surface area contributed by atoms with Crippen molar-refractivity contribution in [1.29, 1.82) is 0 Å². The van der Waals surface area contributed by atoms with Crippen molar-refractivity contribution >= 4 is 11.6 Å². The highest BCUT2D eigenvalue weighted by molar-refractivity contribution is 6.30. The van der Waals surface area contributed by atoms with Crippen molar-refractivity contribution in [2.24, 2.45) is 11.8 Å². The van der Waals surface area contributed by atoms with Crippen molar-refractivity contribution in [2.75, 3.05) is 19.7 Å². The van der Waals surface area contributed by atoms with Crippen LogP contribution >= 0.6 is 11.6 Å². The molecule has 1 aliphatic heterocycles. The predicted molar refractivity (Wildman–Crippen MR) is 85.8 cm³/mol. The van der Waals surface area contributed by atoms with Crippen LogP contribution in [0.5, 0.6) is 5.75 Å². The van der Waals surface area contributed by atoms with E-state index >= 15 is 0 Å². The summed E-state index contributed by atoms with van der Waals surface area (Å²) in [4.78, 5) is 0. The number of fused-ring (bicyclic) bond motifs is 1. The van der Waals surface area contributed by atoms with Crippen molar-refractivity contribution in [3.8, 4) is 5.75 Å². The van der Waals surface area contributed by atoms with E-state index in [1.807, 2.05) is 6.07 Å². The molecule has 0 spiro atoms. The Bertz CT molecular complexity index is 445. The van der Waals surface area contributed by atoms with Crippen LogP contribution < -0.4 is 10.1 Å². The van der Waals surface area contributed by atoms with Gasteiger partial charge in [0.05, 0.1) is 6.61 Å². The second-order valence-corrected chi connectivity index (χ2v) is 6.78. The van der Waals surface area contributed by atoms with Crippen LogP contribution in [0.15, 0.2) is 12.1 Å². The standard InChI is InChI=1S/C17H26ClNO/c1-12(2)11-19-6-4-13(3)8-15-10-16(18)9-14-5-7-20-17(14)15/h9-10,12-13,19H,4-8,11H2,1-3H3. The molecule has 0 fully saturated rings. The molecule has 1 heterocycles. The van der Waals surface area contributed by atoms with Crippen molar-refractivity contribution < 1.29 is 4.74 Å². The van der Waals surface area contributed by atoms with E-state index in [0.29, 0.717) is 5.92 Å². The molecule has 0 bridgehead atoms. The van der Waals surface area contributed by atoms with E-state index in [9.17, 15) is 0 Å². The summed E-state index contributed by atoms with van der Waals surface area (Å²) in [6.45, 7) is 9.77. The molecule has 1 unspecified atom stereocenters. The van der Waals surface area contributed by atoms with Gasteiger partial charge < -0.3 is 10.1 Å². The van der Waals surface area contributed by atoms with Crippen molar-refractivity contribution in [1.82, 2.24) is 5.32 Å². The first-order valence-corrected chi connectivity index (χ1v) is 8.09. The van der Waals surface area contributed by atoms with Gasteiger partial charge in [0, 0.05) is 11.4 Å². The summed E-state index contributed by atoms with van der Waals surface area (Å²) in [5.41, 5.74) is 2.55. The number of rotatable bonds is 7. The number of nitrogens with one attached hydrogen (secondary N) is 1. The van der Waals surface area contributed by atoms with E-state index in [-0.39, 0.29) is 0 Å². The molecular formula is C17H26ClNO. The molecule has 1 aliphatic rings. The first kappa shape index (κ1) is 15.7. The third kappa shape index (κ3) is 4.39. The minimum absolute atomic E-state index is 0.640. The summed E-state index contributed by atoms with van der Waals surface area (Å²) in [5.74, 6) is 2.45. The minimum Gasteiger partial charge on any atom is -0.493 e. The molecule has 1 N–H and O–H groups in total. The Kier molecular flexibility index (Phi) is 5.74. The molecule has 0 saturated heterocycles.